The van der Waals surface area contributed by atoms with Gasteiger partial charge < -0.3 is 9.47 Å². The first-order valence-electron chi connectivity index (χ1n) is 11.4. The van der Waals surface area contributed by atoms with Crippen LogP contribution in [0.4, 0.5) is 0 Å². The molecule has 1 unspecified atom stereocenters. The summed E-state index contributed by atoms with van der Waals surface area (Å²) < 4.78 is 14.1. The Labute approximate surface area is 212 Å². The van der Waals surface area contributed by atoms with E-state index in [9.17, 15) is 9.59 Å². The Kier molecular flexibility index (Phi) is 10.9. The maximum Gasteiger partial charge on any atom is 0.308 e. The second-order valence-electron chi connectivity index (χ2n) is 8.51. The predicted molar refractivity (Wildman–Crippen MR) is 128 cm³/mol. The first kappa shape index (κ1) is 28.6. The van der Waals surface area contributed by atoms with Gasteiger partial charge in [0.1, 0.15) is 13.2 Å². The molecule has 1 atom stereocenters. The van der Waals surface area contributed by atoms with E-state index in [2.05, 4.69) is 46.6 Å². The standard InChI is InChI=1S/C21H28N12O4/c1-5-7-8-18(34)36-13-21(14-37-20(35)15(3)4,11-32-9-16(6-2)24-30-32)12-33-10-17(25-31-33)19(26-28-22)27-29-23/h1,9-10,15,19H,6-8,11-14H2,2-4H3. The lowest BCUT2D eigenvalue weighted by Gasteiger charge is -2.32. The highest BCUT2D eigenvalue weighted by atomic mass is 16.5. The largest absolute Gasteiger partial charge is 0.465 e. The van der Waals surface area contributed by atoms with Gasteiger partial charge in [-0.3, -0.25) is 19.0 Å². The molecule has 0 amide bonds. The minimum absolute atomic E-state index is 0.0230. The van der Waals surface area contributed by atoms with Crippen molar-refractivity contribution in [3.05, 3.63) is 44.7 Å². The van der Waals surface area contributed by atoms with Gasteiger partial charge in [-0.25, -0.2) is 0 Å². The Balaban J connectivity index is 2.44. The second kappa shape index (κ2) is 14.1. The molecule has 0 saturated carbocycles. The van der Waals surface area contributed by atoms with Crippen molar-refractivity contribution in [2.45, 2.75) is 59.3 Å². The smallest absolute Gasteiger partial charge is 0.308 e. The van der Waals surface area contributed by atoms with E-state index in [0.29, 0.717) is 6.42 Å². The molecule has 16 nitrogen and oxygen atoms in total. The van der Waals surface area contributed by atoms with E-state index in [-0.39, 0.29) is 50.8 Å². The van der Waals surface area contributed by atoms with Crippen molar-refractivity contribution in [3.63, 3.8) is 0 Å². The molecule has 0 saturated heterocycles. The number of carbonyl (C=O) groups is 2. The topological polar surface area (TPSA) is 212 Å². The van der Waals surface area contributed by atoms with E-state index < -0.39 is 23.5 Å². The van der Waals surface area contributed by atoms with Crippen LogP contribution in [0.15, 0.2) is 22.6 Å². The SMILES string of the molecule is C#CCCC(=O)OCC(COC(=O)C(C)C)(Cn1cc(CC)nn1)Cn1cc(C(N=[N+]=[N-])N=[N+]=[N-])nn1. The van der Waals surface area contributed by atoms with E-state index >= 15 is 0 Å². The number of esters is 2. The number of nitrogens with zero attached hydrogens (tertiary/aromatic N) is 12. The van der Waals surface area contributed by atoms with E-state index in [1.165, 1.54) is 10.9 Å². The van der Waals surface area contributed by atoms with Crippen molar-refractivity contribution in [1.82, 2.24) is 30.0 Å². The molecule has 0 aliphatic carbocycles. The molecular weight excluding hydrogens is 484 g/mol. The van der Waals surface area contributed by atoms with Crippen LogP contribution in [-0.2, 0) is 38.6 Å². The Morgan fingerprint density at radius 3 is 2.30 bits per heavy atom. The Morgan fingerprint density at radius 2 is 1.73 bits per heavy atom. The molecule has 0 radical (unpaired) electrons. The number of aromatic nitrogens is 6. The number of hydrogen-bond donors (Lipinski definition) is 0. The van der Waals surface area contributed by atoms with Gasteiger partial charge in [0.05, 0.1) is 42.2 Å². The quantitative estimate of drug-likeness (QED) is 0.113. The summed E-state index contributed by atoms with van der Waals surface area (Å²) in [5.41, 5.74) is 17.3. The molecular formula is C21H28N12O4. The van der Waals surface area contributed by atoms with E-state index in [0.717, 1.165) is 5.69 Å². The highest BCUT2D eigenvalue weighted by molar-refractivity contribution is 5.71. The number of carbonyl (C=O) groups excluding carboxylic acids is 2. The fraction of sp³-hybridized carbons (Fsp3) is 0.619. The second-order valence-corrected chi connectivity index (χ2v) is 8.51. The molecule has 37 heavy (non-hydrogen) atoms. The summed E-state index contributed by atoms with van der Waals surface area (Å²) in [5, 5.41) is 23.0. The summed E-state index contributed by atoms with van der Waals surface area (Å²) in [7, 11) is 0. The molecule has 196 valence electrons. The lowest BCUT2D eigenvalue weighted by molar-refractivity contribution is -0.158. The van der Waals surface area contributed by atoms with E-state index in [4.69, 9.17) is 27.0 Å². The molecule has 2 heterocycles. The fourth-order valence-corrected chi connectivity index (χ4v) is 3.16. The van der Waals surface area contributed by atoms with Crippen molar-refractivity contribution in [2.24, 2.45) is 21.6 Å². The first-order chi connectivity index (χ1) is 17.8. The van der Waals surface area contributed by atoms with Gasteiger partial charge in [0.2, 0.25) is 0 Å². The summed E-state index contributed by atoms with van der Waals surface area (Å²) >= 11 is 0. The molecule has 2 aromatic rings. The highest BCUT2D eigenvalue weighted by Gasteiger charge is 2.37. The van der Waals surface area contributed by atoms with Crippen LogP contribution in [0.1, 0.15) is 51.2 Å². The molecule has 0 bridgehead atoms. The number of azide groups is 1. The van der Waals surface area contributed by atoms with Crippen LogP contribution in [0, 0.1) is 23.7 Å². The zero-order chi connectivity index (χ0) is 27.3. The molecule has 2 rings (SSSR count). The van der Waals surface area contributed by atoms with Gasteiger partial charge in [0.25, 0.3) is 0 Å². The van der Waals surface area contributed by atoms with Crippen LogP contribution in [0.5, 0.6) is 0 Å². The van der Waals surface area contributed by atoms with Crippen LogP contribution in [0.3, 0.4) is 0 Å². The summed E-state index contributed by atoms with van der Waals surface area (Å²) in [4.78, 5) is 30.0. The molecule has 16 heteroatoms. The summed E-state index contributed by atoms with van der Waals surface area (Å²) in [6.07, 6.45) is 8.05. The van der Waals surface area contributed by atoms with Crippen LogP contribution in [-0.4, -0.2) is 55.1 Å². The van der Waals surface area contributed by atoms with Gasteiger partial charge in [-0.15, -0.1) is 22.5 Å². The number of hydrogen-bond acceptors (Lipinski definition) is 10. The first-order valence-corrected chi connectivity index (χ1v) is 11.4. The molecule has 0 aliphatic heterocycles. The minimum atomic E-state index is -1.25. The third-order valence-corrected chi connectivity index (χ3v) is 5.09. The zero-order valence-corrected chi connectivity index (χ0v) is 20.8. The van der Waals surface area contributed by atoms with Crippen LogP contribution in [0.25, 0.3) is 20.9 Å². The normalized spacial score (nSPS) is 12.9. The van der Waals surface area contributed by atoms with Gasteiger partial charge in [0.15, 0.2) is 6.17 Å². The lowest BCUT2D eigenvalue weighted by atomic mass is 9.89. The number of ether oxygens (including phenoxy) is 2. The van der Waals surface area contributed by atoms with Gasteiger partial charge in [-0.05, 0) is 17.5 Å². The Morgan fingerprint density at radius 1 is 1.11 bits per heavy atom. The van der Waals surface area contributed by atoms with Crippen molar-refractivity contribution >= 4 is 11.9 Å². The Bertz CT molecular complexity index is 1180. The van der Waals surface area contributed by atoms with Crippen molar-refractivity contribution < 1.29 is 19.1 Å². The van der Waals surface area contributed by atoms with Crippen molar-refractivity contribution in [2.75, 3.05) is 13.2 Å². The van der Waals surface area contributed by atoms with Crippen LogP contribution < -0.4 is 0 Å². The summed E-state index contributed by atoms with van der Waals surface area (Å²) in [6.45, 7) is 5.18. The number of aryl methyl sites for hydroxylation is 1. The molecule has 2 aromatic heterocycles. The van der Waals surface area contributed by atoms with E-state index in [1.54, 1.807) is 24.7 Å². The number of rotatable bonds is 15. The van der Waals surface area contributed by atoms with Crippen LogP contribution >= 0.6 is 0 Å². The lowest BCUT2D eigenvalue weighted by Crippen LogP contribution is -2.42. The fourth-order valence-electron chi connectivity index (χ4n) is 3.16. The summed E-state index contributed by atoms with van der Waals surface area (Å²) in [6, 6.07) is 0. The van der Waals surface area contributed by atoms with Gasteiger partial charge >= 0.3 is 11.9 Å². The molecule has 0 spiro atoms. The maximum atomic E-state index is 12.3. The zero-order valence-electron chi connectivity index (χ0n) is 20.8. The highest BCUT2D eigenvalue weighted by Crippen LogP contribution is 2.26. The minimum Gasteiger partial charge on any atom is -0.465 e. The predicted octanol–water partition coefficient (Wildman–Crippen LogP) is 2.89. The maximum absolute atomic E-state index is 12.3. The average Bonchev–Trinajstić information content (AvgIpc) is 3.53. The Hall–Kier alpha value is -4.60. The molecule has 0 N–H and O–H groups in total. The monoisotopic (exact) mass is 512 g/mol. The third kappa shape index (κ3) is 8.84. The summed E-state index contributed by atoms with van der Waals surface area (Å²) in [5.74, 6) is 1.04. The van der Waals surface area contributed by atoms with Crippen molar-refractivity contribution in [3.8, 4) is 12.3 Å². The van der Waals surface area contributed by atoms with E-state index in [1.807, 2.05) is 6.92 Å². The van der Waals surface area contributed by atoms with Crippen molar-refractivity contribution in [1.29, 1.82) is 0 Å². The van der Waals surface area contributed by atoms with Gasteiger partial charge in [-0.2, -0.15) is 0 Å². The van der Waals surface area contributed by atoms with Crippen LogP contribution in [0.2, 0.25) is 0 Å². The third-order valence-electron chi connectivity index (χ3n) is 5.09. The van der Waals surface area contributed by atoms with Gasteiger partial charge in [-0.1, -0.05) is 41.4 Å². The molecule has 0 aromatic carbocycles. The number of terminal acetylenes is 1. The average molecular weight is 513 g/mol. The molecule has 0 aliphatic rings. The van der Waals surface area contributed by atoms with Gasteiger partial charge in [0, 0.05) is 28.6 Å². The molecule has 0 fully saturated rings.